The molecule has 0 bridgehead atoms. The molecule has 0 spiro atoms. The van der Waals surface area contributed by atoms with E-state index in [1.54, 1.807) is 0 Å². The molecule has 0 radical (unpaired) electrons. The van der Waals surface area contributed by atoms with Crippen molar-refractivity contribution in [3.8, 4) is 11.1 Å². The van der Waals surface area contributed by atoms with E-state index < -0.39 is 0 Å². The molecule has 138 valence electrons. The predicted molar refractivity (Wildman–Crippen MR) is 117 cm³/mol. The van der Waals surface area contributed by atoms with Gasteiger partial charge in [0.25, 0.3) is 0 Å². The molecule has 0 atom stereocenters. The van der Waals surface area contributed by atoms with Gasteiger partial charge in [0.15, 0.2) is 0 Å². The van der Waals surface area contributed by atoms with E-state index in [4.69, 9.17) is 0 Å². The van der Waals surface area contributed by atoms with Crippen molar-refractivity contribution in [2.75, 3.05) is 38.0 Å². The largest absolute Gasteiger partial charge is 0.378 e. The Labute approximate surface area is 163 Å². The Balaban J connectivity index is 1.91. The summed E-state index contributed by atoms with van der Waals surface area (Å²) >= 11 is 0. The molecular weight excluding hydrogens is 328 g/mol. The van der Waals surface area contributed by atoms with Gasteiger partial charge in [0.05, 0.1) is 0 Å². The second-order valence-electron chi connectivity index (χ2n) is 7.86. The molecule has 4 rings (SSSR count). The number of rotatable bonds is 4. The van der Waals surface area contributed by atoms with Crippen LogP contribution in [0.2, 0.25) is 0 Å². The first-order valence-corrected chi connectivity index (χ1v) is 9.71. The van der Waals surface area contributed by atoms with Crippen molar-refractivity contribution in [3.05, 3.63) is 82.9 Å². The zero-order valence-corrected chi connectivity index (χ0v) is 17.0. The van der Waals surface area contributed by atoms with Crippen molar-refractivity contribution < 1.29 is 0 Å². The minimum Gasteiger partial charge on any atom is -0.378 e. The van der Waals surface area contributed by atoms with Crippen molar-refractivity contribution in [3.63, 3.8) is 0 Å². The van der Waals surface area contributed by atoms with Gasteiger partial charge in [-0.25, -0.2) is 0 Å². The Morgan fingerprint density at radius 3 is 1.56 bits per heavy atom. The van der Waals surface area contributed by atoms with Crippen molar-refractivity contribution in [2.24, 2.45) is 0 Å². The van der Waals surface area contributed by atoms with Gasteiger partial charge in [0.2, 0.25) is 0 Å². The molecule has 0 N–H and O–H groups in total. The smallest absolute Gasteiger partial charge is 0.0367 e. The minimum atomic E-state index is 0.313. The van der Waals surface area contributed by atoms with Crippen LogP contribution in [0.15, 0.2) is 60.7 Å². The van der Waals surface area contributed by atoms with Crippen LogP contribution < -0.4 is 9.80 Å². The van der Waals surface area contributed by atoms with Crippen molar-refractivity contribution in [2.45, 2.75) is 19.3 Å². The van der Waals surface area contributed by atoms with E-state index in [1.165, 1.54) is 44.8 Å². The van der Waals surface area contributed by atoms with Crippen LogP contribution >= 0.6 is 0 Å². The van der Waals surface area contributed by atoms with Gasteiger partial charge in [0.1, 0.15) is 0 Å². The van der Waals surface area contributed by atoms with Crippen LogP contribution in [0.3, 0.4) is 0 Å². The van der Waals surface area contributed by atoms with Crippen LogP contribution in [0.4, 0.5) is 11.4 Å². The van der Waals surface area contributed by atoms with Crippen LogP contribution in [0.5, 0.6) is 0 Å². The van der Waals surface area contributed by atoms with E-state index >= 15 is 0 Å². The molecule has 2 heteroatoms. The Hall–Kier alpha value is -2.74. The molecular formula is C25H28N2. The summed E-state index contributed by atoms with van der Waals surface area (Å²) in [6.07, 6.45) is 1.08. The molecule has 0 aromatic heterocycles. The summed E-state index contributed by atoms with van der Waals surface area (Å²) in [5.74, 6) is 0.313. The summed E-state index contributed by atoms with van der Waals surface area (Å²) in [6.45, 7) is 2.21. The van der Waals surface area contributed by atoms with Gasteiger partial charge in [-0.15, -0.1) is 0 Å². The quantitative estimate of drug-likeness (QED) is 0.473. The molecule has 0 aliphatic heterocycles. The van der Waals surface area contributed by atoms with Gasteiger partial charge in [-0.1, -0.05) is 43.3 Å². The fraction of sp³-hybridized carbons (Fsp3) is 0.280. The van der Waals surface area contributed by atoms with E-state index in [2.05, 4.69) is 106 Å². The highest BCUT2D eigenvalue weighted by Gasteiger charge is 2.30. The number of hydrogen-bond acceptors (Lipinski definition) is 2. The summed E-state index contributed by atoms with van der Waals surface area (Å²) in [7, 11) is 8.42. The van der Waals surface area contributed by atoms with E-state index in [0.29, 0.717) is 5.92 Å². The lowest BCUT2D eigenvalue weighted by Crippen LogP contribution is -2.09. The lowest BCUT2D eigenvalue weighted by atomic mass is 9.88. The number of aryl methyl sites for hydroxylation is 1. The number of anilines is 2. The first-order valence-electron chi connectivity index (χ1n) is 9.71. The summed E-state index contributed by atoms with van der Waals surface area (Å²) in [5, 5.41) is 0. The van der Waals surface area contributed by atoms with Crippen LogP contribution in [0.25, 0.3) is 11.1 Å². The van der Waals surface area contributed by atoms with Gasteiger partial charge in [-0.05, 0) is 64.1 Å². The van der Waals surface area contributed by atoms with Gasteiger partial charge in [-0.3, -0.25) is 0 Å². The van der Waals surface area contributed by atoms with Crippen molar-refractivity contribution >= 4 is 11.4 Å². The summed E-state index contributed by atoms with van der Waals surface area (Å²) in [5.41, 5.74) is 10.8. The number of fused-ring (bicyclic) bond motifs is 3. The Bertz CT molecular complexity index is 911. The third kappa shape index (κ3) is 2.99. The van der Waals surface area contributed by atoms with Crippen molar-refractivity contribution in [1.82, 2.24) is 0 Å². The van der Waals surface area contributed by atoms with Gasteiger partial charge in [-0.2, -0.15) is 0 Å². The van der Waals surface area contributed by atoms with Crippen LogP contribution in [-0.4, -0.2) is 28.2 Å². The Kier molecular flexibility index (Phi) is 4.43. The lowest BCUT2D eigenvalue weighted by molar-refractivity contribution is 1.00. The van der Waals surface area contributed by atoms with E-state index in [9.17, 15) is 0 Å². The molecule has 27 heavy (non-hydrogen) atoms. The third-order valence-corrected chi connectivity index (χ3v) is 5.74. The van der Waals surface area contributed by atoms with Gasteiger partial charge in [0, 0.05) is 45.5 Å². The highest BCUT2D eigenvalue weighted by molar-refractivity contribution is 5.85. The lowest BCUT2D eigenvalue weighted by Gasteiger charge is -2.17. The molecule has 3 aromatic carbocycles. The molecule has 0 saturated carbocycles. The van der Waals surface area contributed by atoms with Crippen LogP contribution in [0.1, 0.15) is 35.1 Å². The average Bonchev–Trinajstić information content (AvgIpc) is 3.01. The first kappa shape index (κ1) is 17.7. The summed E-state index contributed by atoms with van der Waals surface area (Å²) < 4.78 is 0. The second-order valence-corrected chi connectivity index (χ2v) is 7.86. The molecule has 1 aliphatic rings. The molecule has 0 amide bonds. The van der Waals surface area contributed by atoms with Crippen molar-refractivity contribution in [1.29, 1.82) is 0 Å². The third-order valence-electron chi connectivity index (χ3n) is 5.74. The van der Waals surface area contributed by atoms with Crippen LogP contribution in [0, 0.1) is 0 Å². The minimum absolute atomic E-state index is 0.313. The molecule has 2 nitrogen and oxygen atoms in total. The molecule has 0 heterocycles. The Morgan fingerprint density at radius 1 is 0.667 bits per heavy atom. The van der Waals surface area contributed by atoms with E-state index in [1.807, 2.05) is 0 Å². The van der Waals surface area contributed by atoms with E-state index in [0.717, 1.165) is 6.42 Å². The zero-order valence-electron chi connectivity index (χ0n) is 17.0. The SMILES string of the molecule is CCc1ccc(C2c3ccc(N(C)C)cc3-c3cc(N(C)C)ccc32)cc1. The maximum Gasteiger partial charge on any atom is 0.0367 e. The normalized spacial score (nSPS) is 12.6. The monoisotopic (exact) mass is 356 g/mol. The maximum atomic E-state index is 2.34. The predicted octanol–water partition coefficient (Wildman–Crippen LogP) is 5.54. The highest BCUT2D eigenvalue weighted by Crippen LogP contribution is 2.49. The fourth-order valence-corrected chi connectivity index (χ4v) is 4.09. The summed E-state index contributed by atoms with van der Waals surface area (Å²) in [6, 6.07) is 23.0. The Morgan fingerprint density at radius 2 is 1.15 bits per heavy atom. The topological polar surface area (TPSA) is 6.48 Å². The average molecular weight is 357 g/mol. The highest BCUT2D eigenvalue weighted by atomic mass is 15.1. The van der Waals surface area contributed by atoms with E-state index in [-0.39, 0.29) is 0 Å². The first-order chi connectivity index (χ1) is 13.0. The molecule has 1 aliphatic carbocycles. The van der Waals surface area contributed by atoms with Gasteiger partial charge >= 0.3 is 0 Å². The zero-order chi connectivity index (χ0) is 19.1. The second kappa shape index (κ2) is 6.77. The molecule has 0 fully saturated rings. The molecule has 3 aromatic rings. The van der Waals surface area contributed by atoms with Crippen LogP contribution in [-0.2, 0) is 6.42 Å². The van der Waals surface area contributed by atoms with Gasteiger partial charge < -0.3 is 9.80 Å². The number of benzene rings is 3. The standard InChI is InChI=1S/C25H28N2/c1-6-17-7-9-18(10-8-17)25-21-13-11-19(26(2)3)15-23(21)24-16-20(27(4)5)12-14-22(24)25/h7-16,25H,6H2,1-5H3. The summed E-state index contributed by atoms with van der Waals surface area (Å²) in [4.78, 5) is 4.36. The molecule has 0 unspecified atom stereocenters. The fourth-order valence-electron chi connectivity index (χ4n) is 4.09. The number of nitrogens with zero attached hydrogens (tertiary/aromatic N) is 2. The number of hydrogen-bond donors (Lipinski definition) is 0. The molecule has 0 saturated heterocycles. The maximum absolute atomic E-state index is 2.34.